The van der Waals surface area contributed by atoms with Gasteiger partial charge in [-0.2, -0.15) is 0 Å². The molecule has 0 unspecified atom stereocenters. The maximum absolute atomic E-state index is 14.1. The van der Waals surface area contributed by atoms with Crippen LogP contribution < -0.4 is 0 Å². The van der Waals surface area contributed by atoms with Gasteiger partial charge in [0.25, 0.3) is 0 Å². The second-order valence-corrected chi connectivity index (χ2v) is 18.2. The molecule has 21 atom stereocenters. The van der Waals surface area contributed by atoms with Gasteiger partial charge in [-0.25, -0.2) is 0 Å². The zero-order valence-electron chi connectivity index (χ0n) is 30.4. The van der Waals surface area contributed by atoms with Crippen LogP contribution in [0.15, 0.2) is 0 Å². The molecule has 0 aromatic rings. The molecular weight excluding hydrogens is 664 g/mol. The van der Waals surface area contributed by atoms with Crippen LogP contribution in [0.3, 0.4) is 0 Å². The Morgan fingerprint density at radius 3 is 2.27 bits per heavy atom. The third kappa shape index (κ3) is 5.82. The van der Waals surface area contributed by atoms with Crippen molar-refractivity contribution in [2.24, 2.45) is 52.3 Å². The van der Waals surface area contributed by atoms with E-state index in [0.29, 0.717) is 60.6 Å². The Balaban J connectivity index is 0.890. The van der Waals surface area contributed by atoms with E-state index in [0.717, 1.165) is 45.1 Å². The molecule has 4 saturated heterocycles. The van der Waals surface area contributed by atoms with Crippen molar-refractivity contribution < 1.29 is 63.9 Å². The minimum absolute atomic E-state index is 0.130. The Labute approximate surface area is 300 Å². The summed E-state index contributed by atoms with van der Waals surface area (Å²) < 4.78 is 36.5. The first-order valence-electron chi connectivity index (χ1n) is 19.6. The molecule has 13 heteroatoms. The number of carbonyl (C=O) groups is 1. The van der Waals surface area contributed by atoms with Gasteiger partial charge in [-0.15, -0.1) is 0 Å². The van der Waals surface area contributed by atoms with Crippen molar-refractivity contribution in [1.29, 1.82) is 0 Å². The molecule has 8 rings (SSSR count). The first kappa shape index (κ1) is 37.1. The lowest BCUT2D eigenvalue weighted by molar-refractivity contribution is -0.347. The van der Waals surface area contributed by atoms with Gasteiger partial charge < -0.3 is 59.1 Å². The monoisotopic (exact) mass is 724 g/mol. The SMILES string of the molecule is C[C@@H]1CC[C@@]2(OC1)O[C@H]1C[C@@H]3[C@H]4CC(=O)[C@@H]5C[C@H](O[C@H]6OC[C@H](O[C@H]7O[C@@H](CO)[C@H](O)[C@@H](O)[C@@H]7O)[C@@H](O)[C@@H]6O)CC[C@@]5(C)[C@@H]4CC[C@]3(C)[C@H]1[C@H]2C. The lowest BCUT2D eigenvalue weighted by Gasteiger charge is -2.60. The van der Waals surface area contributed by atoms with Crippen LogP contribution in [-0.4, -0.2) is 130 Å². The highest BCUT2D eigenvalue weighted by molar-refractivity contribution is 5.83. The molecule has 4 saturated carbocycles. The number of rotatable bonds is 5. The Bertz CT molecular complexity index is 1290. The maximum Gasteiger partial charge on any atom is 0.187 e. The Kier molecular flexibility index (Phi) is 9.79. The summed E-state index contributed by atoms with van der Waals surface area (Å²) in [5, 5.41) is 61.9. The Hall–Kier alpha value is -0.810. The summed E-state index contributed by atoms with van der Waals surface area (Å²) in [6.45, 7) is 9.35. The summed E-state index contributed by atoms with van der Waals surface area (Å²) in [6, 6.07) is 0. The van der Waals surface area contributed by atoms with E-state index in [1.165, 1.54) is 0 Å². The highest BCUT2D eigenvalue weighted by Gasteiger charge is 2.70. The fourth-order valence-electron chi connectivity index (χ4n) is 12.7. The van der Waals surface area contributed by atoms with Gasteiger partial charge in [-0.3, -0.25) is 4.79 Å². The zero-order chi connectivity index (χ0) is 36.2. The molecule has 0 aromatic carbocycles. The van der Waals surface area contributed by atoms with Crippen LogP contribution in [0.2, 0.25) is 0 Å². The second kappa shape index (κ2) is 13.4. The van der Waals surface area contributed by atoms with Crippen molar-refractivity contribution >= 4 is 5.78 Å². The molecule has 6 N–H and O–H groups in total. The summed E-state index contributed by atoms with van der Waals surface area (Å²) >= 11 is 0. The smallest absolute Gasteiger partial charge is 0.187 e. The number of fused-ring (bicyclic) bond motifs is 7. The molecule has 0 aromatic heterocycles. The molecule has 1 spiro atoms. The average molecular weight is 725 g/mol. The van der Waals surface area contributed by atoms with Gasteiger partial charge in [0.1, 0.15) is 48.5 Å². The number of hydrogen-bond acceptors (Lipinski definition) is 13. The maximum atomic E-state index is 14.1. The number of aliphatic hydroxyl groups excluding tert-OH is 6. The van der Waals surface area contributed by atoms with Crippen LogP contribution in [0.5, 0.6) is 0 Å². The van der Waals surface area contributed by atoms with E-state index in [1.54, 1.807) is 0 Å². The molecule has 13 nitrogen and oxygen atoms in total. The van der Waals surface area contributed by atoms with Gasteiger partial charge >= 0.3 is 0 Å². The molecule has 4 aliphatic carbocycles. The van der Waals surface area contributed by atoms with Gasteiger partial charge in [-0.05, 0) is 85.4 Å². The van der Waals surface area contributed by atoms with E-state index in [1.807, 2.05) is 0 Å². The summed E-state index contributed by atoms with van der Waals surface area (Å²) in [5.41, 5.74) is -0.00424. The van der Waals surface area contributed by atoms with Gasteiger partial charge in [0.2, 0.25) is 0 Å². The van der Waals surface area contributed by atoms with Crippen molar-refractivity contribution in [1.82, 2.24) is 0 Å². The molecule has 0 bridgehead atoms. The van der Waals surface area contributed by atoms with Crippen LogP contribution in [0.4, 0.5) is 0 Å². The number of hydrogen-bond donors (Lipinski definition) is 6. The van der Waals surface area contributed by atoms with Crippen molar-refractivity contribution in [3.63, 3.8) is 0 Å². The summed E-state index contributed by atoms with van der Waals surface area (Å²) in [4.78, 5) is 14.1. The molecule has 0 radical (unpaired) electrons. The van der Waals surface area contributed by atoms with E-state index in [2.05, 4.69) is 27.7 Å². The molecule has 4 aliphatic heterocycles. The number of aliphatic hydroxyl groups is 6. The highest BCUT2D eigenvalue weighted by Crippen LogP contribution is 2.71. The fourth-order valence-corrected chi connectivity index (χ4v) is 12.7. The topological polar surface area (TPSA) is 194 Å². The summed E-state index contributed by atoms with van der Waals surface area (Å²) in [6.07, 6.45) is -4.85. The third-order valence-electron chi connectivity index (χ3n) is 15.6. The third-order valence-corrected chi connectivity index (χ3v) is 15.6. The standard InChI is InChI=1S/C38H60O13/c1-17-5-10-38(47-15-17)18(2)28-25(51-38)13-22-20-12-24(40)23-11-19(6-8-36(23,3)21(20)7-9-37(22,28)4)48-34-32(44)30(42)27(16-46-34)50-35-33(45)31(43)29(41)26(14-39)49-35/h17-23,25-35,39,41-45H,5-16H2,1-4H3/t17-,18-,19-,20+,21-,22-,23+,25+,26+,27+,28+,29+,30-,31-,32+,33+,34-,35-,36+,37+,38-/m1/s1. The van der Waals surface area contributed by atoms with Crippen LogP contribution >= 0.6 is 0 Å². The van der Waals surface area contributed by atoms with Crippen LogP contribution in [0.1, 0.15) is 85.5 Å². The lowest BCUT2D eigenvalue weighted by Crippen LogP contribution is -2.62. The fraction of sp³-hybridized carbons (Fsp3) is 0.974. The Morgan fingerprint density at radius 2 is 1.55 bits per heavy atom. The lowest BCUT2D eigenvalue weighted by atomic mass is 9.44. The first-order valence-corrected chi connectivity index (χ1v) is 19.6. The predicted molar refractivity (Wildman–Crippen MR) is 177 cm³/mol. The number of Topliss-reactive ketones (excluding diaryl/α,β-unsaturated/α-hetero) is 1. The van der Waals surface area contributed by atoms with E-state index in [4.69, 9.17) is 28.4 Å². The van der Waals surface area contributed by atoms with E-state index in [9.17, 15) is 35.4 Å². The minimum Gasteiger partial charge on any atom is -0.394 e. The quantitative estimate of drug-likeness (QED) is 0.222. The summed E-state index contributed by atoms with van der Waals surface area (Å²) in [5.74, 6) is 2.31. The van der Waals surface area contributed by atoms with Crippen molar-refractivity contribution in [2.45, 2.75) is 159 Å². The van der Waals surface area contributed by atoms with Crippen LogP contribution in [-0.2, 0) is 33.2 Å². The molecule has 4 heterocycles. The van der Waals surface area contributed by atoms with E-state index in [-0.39, 0.29) is 35.6 Å². The average Bonchev–Trinajstić information content (AvgIpc) is 3.55. The van der Waals surface area contributed by atoms with Crippen molar-refractivity contribution in [2.75, 3.05) is 19.8 Å². The van der Waals surface area contributed by atoms with E-state index < -0.39 is 67.7 Å². The molecule has 8 aliphatic rings. The molecule has 290 valence electrons. The molecule has 0 amide bonds. The highest BCUT2D eigenvalue weighted by atomic mass is 16.7. The zero-order valence-corrected chi connectivity index (χ0v) is 30.4. The molecule has 8 fully saturated rings. The molecular formula is C38H60O13. The second-order valence-electron chi connectivity index (χ2n) is 18.2. The van der Waals surface area contributed by atoms with E-state index >= 15 is 0 Å². The van der Waals surface area contributed by atoms with Crippen LogP contribution in [0.25, 0.3) is 0 Å². The largest absolute Gasteiger partial charge is 0.394 e. The minimum atomic E-state index is -1.65. The first-order chi connectivity index (χ1) is 24.2. The normalized spacial score (nSPS) is 58.5. The van der Waals surface area contributed by atoms with Gasteiger partial charge in [-0.1, -0.05) is 27.7 Å². The number of ketones is 1. The number of carbonyl (C=O) groups excluding carboxylic acids is 1. The summed E-state index contributed by atoms with van der Waals surface area (Å²) in [7, 11) is 0. The predicted octanol–water partition coefficient (Wildman–Crippen LogP) is 1.26. The van der Waals surface area contributed by atoms with Gasteiger partial charge in [0.15, 0.2) is 18.4 Å². The Morgan fingerprint density at radius 1 is 0.804 bits per heavy atom. The van der Waals surface area contributed by atoms with Crippen molar-refractivity contribution in [3.8, 4) is 0 Å². The molecule has 51 heavy (non-hydrogen) atoms. The van der Waals surface area contributed by atoms with Gasteiger partial charge in [0, 0.05) is 24.7 Å². The van der Waals surface area contributed by atoms with Gasteiger partial charge in [0.05, 0.1) is 32.0 Å². The number of ether oxygens (including phenoxy) is 6. The van der Waals surface area contributed by atoms with Crippen LogP contribution in [0, 0.1) is 52.3 Å². The van der Waals surface area contributed by atoms with Crippen molar-refractivity contribution in [3.05, 3.63) is 0 Å².